The predicted octanol–water partition coefficient (Wildman–Crippen LogP) is 2.03. The fourth-order valence-corrected chi connectivity index (χ4v) is 2.63. The number of aromatic nitrogens is 5. The molecular weight excluding hydrogens is 264 g/mol. The molecule has 0 radical (unpaired) electrons. The summed E-state index contributed by atoms with van der Waals surface area (Å²) in [6.45, 7) is 6.10. The molecule has 0 aliphatic rings. The SMILES string of the molecule is CCCn1ccnc1C(NCC)c1cnn2ccncc12. The van der Waals surface area contributed by atoms with Crippen LogP contribution in [0.2, 0.25) is 0 Å². The van der Waals surface area contributed by atoms with E-state index in [0.29, 0.717) is 0 Å². The maximum Gasteiger partial charge on any atom is 0.130 e. The van der Waals surface area contributed by atoms with Crippen molar-refractivity contribution in [1.29, 1.82) is 0 Å². The van der Waals surface area contributed by atoms with Crippen LogP contribution in [0.15, 0.2) is 37.2 Å². The van der Waals surface area contributed by atoms with Crippen molar-refractivity contribution >= 4 is 5.52 Å². The second-order valence-corrected chi connectivity index (χ2v) is 4.98. The highest BCUT2D eigenvalue weighted by Gasteiger charge is 2.21. The van der Waals surface area contributed by atoms with Crippen LogP contribution in [-0.2, 0) is 6.54 Å². The van der Waals surface area contributed by atoms with E-state index in [2.05, 4.69) is 38.8 Å². The fourth-order valence-electron chi connectivity index (χ4n) is 2.63. The molecule has 0 saturated carbocycles. The molecule has 0 spiro atoms. The Morgan fingerprint density at radius 3 is 2.90 bits per heavy atom. The van der Waals surface area contributed by atoms with Crippen LogP contribution in [0.3, 0.4) is 0 Å². The number of fused-ring (bicyclic) bond motifs is 1. The van der Waals surface area contributed by atoms with Crippen molar-refractivity contribution in [3.8, 4) is 0 Å². The minimum atomic E-state index is 0.0262. The average Bonchev–Trinajstić information content (AvgIpc) is 3.12. The van der Waals surface area contributed by atoms with Gasteiger partial charge in [-0.15, -0.1) is 0 Å². The van der Waals surface area contributed by atoms with E-state index in [1.807, 2.05) is 35.5 Å². The summed E-state index contributed by atoms with van der Waals surface area (Å²) < 4.78 is 4.05. The van der Waals surface area contributed by atoms with Gasteiger partial charge in [0.25, 0.3) is 0 Å². The lowest BCUT2D eigenvalue weighted by molar-refractivity contribution is 0.546. The summed E-state index contributed by atoms with van der Waals surface area (Å²) in [6, 6.07) is 0.0262. The number of hydrogen-bond acceptors (Lipinski definition) is 4. The van der Waals surface area contributed by atoms with Crippen LogP contribution in [0.4, 0.5) is 0 Å². The van der Waals surface area contributed by atoms with Crippen molar-refractivity contribution in [2.24, 2.45) is 0 Å². The average molecular weight is 284 g/mol. The minimum absolute atomic E-state index is 0.0262. The molecule has 6 nitrogen and oxygen atoms in total. The highest BCUT2D eigenvalue weighted by atomic mass is 15.2. The Morgan fingerprint density at radius 2 is 2.10 bits per heavy atom. The molecule has 0 fully saturated rings. The van der Waals surface area contributed by atoms with E-state index in [9.17, 15) is 0 Å². The van der Waals surface area contributed by atoms with Gasteiger partial charge in [-0.1, -0.05) is 13.8 Å². The Bertz CT molecular complexity index is 714. The maximum absolute atomic E-state index is 4.56. The number of imidazole rings is 1. The van der Waals surface area contributed by atoms with Gasteiger partial charge in [0, 0.05) is 36.9 Å². The topological polar surface area (TPSA) is 60.0 Å². The lowest BCUT2D eigenvalue weighted by atomic mass is 10.1. The van der Waals surface area contributed by atoms with Gasteiger partial charge in [-0.2, -0.15) is 5.10 Å². The number of nitrogens with one attached hydrogen (secondary N) is 1. The third-order valence-corrected chi connectivity index (χ3v) is 3.54. The molecule has 6 heteroatoms. The summed E-state index contributed by atoms with van der Waals surface area (Å²) in [5, 5.41) is 7.92. The van der Waals surface area contributed by atoms with E-state index in [4.69, 9.17) is 0 Å². The molecule has 0 aliphatic carbocycles. The van der Waals surface area contributed by atoms with E-state index in [-0.39, 0.29) is 6.04 Å². The van der Waals surface area contributed by atoms with Crippen molar-refractivity contribution in [2.45, 2.75) is 32.9 Å². The molecule has 0 bridgehead atoms. The van der Waals surface area contributed by atoms with Gasteiger partial charge in [0.1, 0.15) is 5.82 Å². The molecule has 3 aromatic rings. The van der Waals surface area contributed by atoms with Crippen LogP contribution in [0.1, 0.15) is 37.7 Å². The molecule has 3 rings (SSSR count). The molecule has 1 atom stereocenters. The van der Waals surface area contributed by atoms with Crippen molar-refractivity contribution in [2.75, 3.05) is 6.54 Å². The first kappa shape index (κ1) is 13.8. The molecule has 0 saturated heterocycles. The Hall–Kier alpha value is -2.21. The van der Waals surface area contributed by atoms with Crippen molar-refractivity contribution < 1.29 is 0 Å². The summed E-state index contributed by atoms with van der Waals surface area (Å²) in [4.78, 5) is 8.77. The molecular formula is C15H20N6. The van der Waals surface area contributed by atoms with Crippen molar-refractivity contribution in [3.05, 3.63) is 48.6 Å². The Kier molecular flexibility index (Phi) is 3.96. The Labute approximate surface area is 123 Å². The van der Waals surface area contributed by atoms with Crippen molar-refractivity contribution in [1.82, 2.24) is 29.5 Å². The van der Waals surface area contributed by atoms with E-state index in [1.165, 1.54) is 0 Å². The van der Waals surface area contributed by atoms with E-state index >= 15 is 0 Å². The number of aryl methyl sites for hydroxylation is 1. The normalized spacial score (nSPS) is 12.9. The smallest absolute Gasteiger partial charge is 0.130 e. The largest absolute Gasteiger partial charge is 0.333 e. The van der Waals surface area contributed by atoms with Crippen LogP contribution in [-0.4, -0.2) is 30.7 Å². The highest BCUT2D eigenvalue weighted by molar-refractivity contribution is 5.54. The molecule has 3 heterocycles. The van der Waals surface area contributed by atoms with Gasteiger partial charge in [0.2, 0.25) is 0 Å². The van der Waals surface area contributed by atoms with Gasteiger partial charge >= 0.3 is 0 Å². The zero-order valence-electron chi connectivity index (χ0n) is 12.4. The van der Waals surface area contributed by atoms with Crippen LogP contribution in [0.5, 0.6) is 0 Å². The summed E-state index contributed by atoms with van der Waals surface area (Å²) in [7, 11) is 0. The zero-order chi connectivity index (χ0) is 14.7. The summed E-state index contributed by atoms with van der Waals surface area (Å²) in [6.07, 6.45) is 12.3. The van der Waals surface area contributed by atoms with Crippen LogP contribution in [0, 0.1) is 0 Å². The van der Waals surface area contributed by atoms with Gasteiger partial charge in [0.05, 0.1) is 24.0 Å². The Balaban J connectivity index is 2.07. The molecule has 1 N–H and O–H groups in total. The van der Waals surface area contributed by atoms with Gasteiger partial charge in [-0.05, 0) is 13.0 Å². The van der Waals surface area contributed by atoms with Gasteiger partial charge in [-0.3, -0.25) is 4.98 Å². The van der Waals surface area contributed by atoms with Crippen LogP contribution >= 0.6 is 0 Å². The lowest BCUT2D eigenvalue weighted by Gasteiger charge is -2.18. The zero-order valence-corrected chi connectivity index (χ0v) is 12.4. The molecule has 0 aromatic carbocycles. The van der Waals surface area contributed by atoms with E-state index in [0.717, 1.165) is 36.4 Å². The third kappa shape index (κ3) is 2.54. The summed E-state index contributed by atoms with van der Waals surface area (Å²) in [5.74, 6) is 1.03. The fraction of sp³-hybridized carbons (Fsp3) is 0.400. The predicted molar refractivity (Wildman–Crippen MR) is 81.0 cm³/mol. The quantitative estimate of drug-likeness (QED) is 0.752. The standard InChI is InChI=1S/C15H20N6/c1-3-7-20-8-6-18-15(20)14(17-4-2)12-10-19-21-9-5-16-11-13(12)21/h5-6,8-11,14,17H,3-4,7H2,1-2H3. The Morgan fingerprint density at radius 1 is 1.19 bits per heavy atom. The van der Waals surface area contributed by atoms with Crippen LogP contribution < -0.4 is 5.32 Å². The van der Waals surface area contributed by atoms with Crippen LogP contribution in [0.25, 0.3) is 5.52 Å². The lowest BCUT2D eigenvalue weighted by Crippen LogP contribution is -2.25. The molecule has 0 amide bonds. The molecule has 3 aromatic heterocycles. The van der Waals surface area contributed by atoms with E-state index in [1.54, 1.807) is 6.20 Å². The van der Waals surface area contributed by atoms with Crippen molar-refractivity contribution in [3.63, 3.8) is 0 Å². The second-order valence-electron chi connectivity index (χ2n) is 4.98. The van der Waals surface area contributed by atoms with E-state index < -0.39 is 0 Å². The first-order chi connectivity index (χ1) is 10.3. The summed E-state index contributed by atoms with van der Waals surface area (Å²) >= 11 is 0. The van der Waals surface area contributed by atoms with Gasteiger partial charge in [0.15, 0.2) is 0 Å². The monoisotopic (exact) mass is 284 g/mol. The molecule has 110 valence electrons. The number of nitrogens with zero attached hydrogens (tertiary/aromatic N) is 5. The number of rotatable bonds is 6. The molecule has 1 unspecified atom stereocenters. The molecule has 21 heavy (non-hydrogen) atoms. The summed E-state index contributed by atoms with van der Waals surface area (Å²) in [5.41, 5.74) is 2.11. The second kappa shape index (κ2) is 6.05. The van der Waals surface area contributed by atoms with Gasteiger partial charge < -0.3 is 9.88 Å². The van der Waals surface area contributed by atoms with Gasteiger partial charge in [-0.25, -0.2) is 9.50 Å². The molecule has 0 aliphatic heterocycles. The number of hydrogen-bond donors (Lipinski definition) is 1. The first-order valence-corrected chi connectivity index (χ1v) is 7.36. The first-order valence-electron chi connectivity index (χ1n) is 7.36. The minimum Gasteiger partial charge on any atom is -0.333 e. The highest BCUT2D eigenvalue weighted by Crippen LogP contribution is 2.24. The third-order valence-electron chi connectivity index (χ3n) is 3.54. The maximum atomic E-state index is 4.56.